The third kappa shape index (κ3) is 4.70. The summed E-state index contributed by atoms with van der Waals surface area (Å²) in [5.41, 5.74) is 0.261. The standard InChI is InChI=1S/C17H19NO3S/c1-21-13-8-9-15(16(19)12-13)17(20)18-10-5-11-22-14-6-3-2-4-7-14/h2-4,6-9,12,19H,5,10-11H2,1H3,(H,18,20). The van der Waals surface area contributed by atoms with Crippen LogP contribution in [0.25, 0.3) is 0 Å². The normalized spacial score (nSPS) is 10.2. The van der Waals surface area contributed by atoms with Gasteiger partial charge in [-0.2, -0.15) is 0 Å². The van der Waals surface area contributed by atoms with E-state index in [-0.39, 0.29) is 17.2 Å². The second kappa shape index (κ2) is 8.34. The van der Waals surface area contributed by atoms with Gasteiger partial charge in [0.25, 0.3) is 5.91 Å². The monoisotopic (exact) mass is 317 g/mol. The first-order valence-electron chi connectivity index (χ1n) is 7.04. The van der Waals surface area contributed by atoms with E-state index in [2.05, 4.69) is 17.4 Å². The van der Waals surface area contributed by atoms with Crippen molar-refractivity contribution in [2.75, 3.05) is 19.4 Å². The molecule has 0 atom stereocenters. The van der Waals surface area contributed by atoms with Crippen LogP contribution in [0.4, 0.5) is 0 Å². The number of ether oxygens (including phenoxy) is 1. The molecule has 2 rings (SSSR count). The van der Waals surface area contributed by atoms with Crippen molar-refractivity contribution in [1.29, 1.82) is 0 Å². The quantitative estimate of drug-likeness (QED) is 0.607. The fraction of sp³-hybridized carbons (Fsp3) is 0.235. The number of benzene rings is 2. The topological polar surface area (TPSA) is 58.6 Å². The van der Waals surface area contributed by atoms with E-state index in [9.17, 15) is 9.90 Å². The highest BCUT2D eigenvalue weighted by Crippen LogP contribution is 2.23. The summed E-state index contributed by atoms with van der Waals surface area (Å²) in [4.78, 5) is 13.2. The van der Waals surface area contributed by atoms with Crippen LogP contribution in [-0.4, -0.2) is 30.4 Å². The summed E-state index contributed by atoms with van der Waals surface area (Å²) in [5, 5.41) is 12.6. The molecule has 0 heterocycles. The number of phenols is 1. The molecule has 116 valence electrons. The van der Waals surface area contributed by atoms with Crippen molar-refractivity contribution in [3.8, 4) is 11.5 Å². The molecule has 0 unspecified atom stereocenters. The van der Waals surface area contributed by atoms with E-state index in [1.54, 1.807) is 23.9 Å². The highest BCUT2D eigenvalue weighted by atomic mass is 32.2. The SMILES string of the molecule is COc1ccc(C(=O)NCCCSc2ccccc2)c(O)c1. The minimum Gasteiger partial charge on any atom is -0.507 e. The van der Waals surface area contributed by atoms with E-state index >= 15 is 0 Å². The van der Waals surface area contributed by atoms with Crippen LogP contribution in [0.1, 0.15) is 16.8 Å². The molecule has 0 aliphatic rings. The van der Waals surface area contributed by atoms with Crippen LogP contribution >= 0.6 is 11.8 Å². The molecule has 0 aromatic heterocycles. The predicted molar refractivity (Wildman–Crippen MR) is 88.8 cm³/mol. The van der Waals surface area contributed by atoms with Crippen LogP contribution in [0.15, 0.2) is 53.4 Å². The number of aromatic hydroxyl groups is 1. The number of hydrogen-bond acceptors (Lipinski definition) is 4. The van der Waals surface area contributed by atoms with Gasteiger partial charge in [0.2, 0.25) is 0 Å². The van der Waals surface area contributed by atoms with Crippen LogP contribution in [0.5, 0.6) is 11.5 Å². The number of carbonyl (C=O) groups is 1. The molecule has 4 nitrogen and oxygen atoms in total. The summed E-state index contributed by atoms with van der Waals surface area (Å²) in [7, 11) is 1.51. The molecule has 5 heteroatoms. The lowest BCUT2D eigenvalue weighted by Crippen LogP contribution is -2.24. The van der Waals surface area contributed by atoms with Crippen molar-refractivity contribution >= 4 is 17.7 Å². The first-order valence-corrected chi connectivity index (χ1v) is 8.02. The molecule has 0 bridgehead atoms. The van der Waals surface area contributed by atoms with Crippen molar-refractivity contribution < 1.29 is 14.6 Å². The Hall–Kier alpha value is -2.14. The van der Waals surface area contributed by atoms with Gasteiger partial charge in [0.15, 0.2) is 0 Å². The fourth-order valence-corrected chi connectivity index (χ4v) is 2.78. The molecule has 0 radical (unpaired) electrons. The van der Waals surface area contributed by atoms with Gasteiger partial charge < -0.3 is 15.2 Å². The van der Waals surface area contributed by atoms with Gasteiger partial charge in [-0.25, -0.2) is 0 Å². The van der Waals surface area contributed by atoms with E-state index in [0.29, 0.717) is 12.3 Å². The fourth-order valence-electron chi connectivity index (χ4n) is 1.91. The van der Waals surface area contributed by atoms with Gasteiger partial charge in [-0.1, -0.05) is 18.2 Å². The van der Waals surface area contributed by atoms with E-state index < -0.39 is 0 Å². The molecule has 0 aliphatic heterocycles. The molecular formula is C17H19NO3S. The Balaban J connectivity index is 1.74. The summed E-state index contributed by atoms with van der Waals surface area (Å²) in [6.45, 7) is 0.574. The van der Waals surface area contributed by atoms with Crippen molar-refractivity contribution in [3.63, 3.8) is 0 Å². The molecule has 2 N–H and O–H groups in total. The van der Waals surface area contributed by atoms with E-state index in [1.165, 1.54) is 18.1 Å². The maximum absolute atomic E-state index is 12.0. The lowest BCUT2D eigenvalue weighted by atomic mass is 10.2. The van der Waals surface area contributed by atoms with E-state index in [0.717, 1.165) is 12.2 Å². The van der Waals surface area contributed by atoms with Crippen LogP contribution in [0.2, 0.25) is 0 Å². The number of carbonyl (C=O) groups excluding carboxylic acids is 1. The van der Waals surface area contributed by atoms with Crippen LogP contribution in [0, 0.1) is 0 Å². The third-order valence-corrected chi connectivity index (χ3v) is 4.17. The average molecular weight is 317 g/mol. The number of methoxy groups -OCH3 is 1. The lowest BCUT2D eigenvalue weighted by molar-refractivity contribution is 0.0951. The van der Waals surface area contributed by atoms with Gasteiger partial charge in [0.05, 0.1) is 12.7 Å². The van der Waals surface area contributed by atoms with Crippen LogP contribution < -0.4 is 10.1 Å². The summed E-state index contributed by atoms with van der Waals surface area (Å²) in [6, 6.07) is 14.8. The molecule has 0 saturated carbocycles. The first-order chi connectivity index (χ1) is 10.7. The molecule has 1 amide bonds. The second-order valence-corrected chi connectivity index (χ2v) is 5.82. The number of hydrogen-bond donors (Lipinski definition) is 2. The molecule has 22 heavy (non-hydrogen) atoms. The van der Waals surface area contributed by atoms with Crippen molar-refractivity contribution in [2.45, 2.75) is 11.3 Å². The van der Waals surface area contributed by atoms with Gasteiger partial charge in [-0.3, -0.25) is 4.79 Å². The first kappa shape index (κ1) is 16.2. The van der Waals surface area contributed by atoms with Crippen LogP contribution in [0.3, 0.4) is 0 Å². The molecular weight excluding hydrogens is 298 g/mol. The van der Waals surface area contributed by atoms with Gasteiger partial charge in [-0.15, -0.1) is 11.8 Å². The summed E-state index contributed by atoms with van der Waals surface area (Å²) in [6.07, 6.45) is 0.863. The molecule has 0 saturated heterocycles. The second-order valence-electron chi connectivity index (χ2n) is 4.65. The maximum atomic E-state index is 12.0. The molecule has 2 aromatic carbocycles. The predicted octanol–water partition coefficient (Wildman–Crippen LogP) is 3.31. The summed E-state index contributed by atoms with van der Waals surface area (Å²) in [5.74, 6) is 1.10. The summed E-state index contributed by atoms with van der Waals surface area (Å²) >= 11 is 1.76. The molecule has 0 spiro atoms. The number of amides is 1. The largest absolute Gasteiger partial charge is 0.507 e. The van der Waals surface area contributed by atoms with Gasteiger partial charge in [-0.05, 0) is 36.4 Å². The minimum atomic E-state index is -0.273. The average Bonchev–Trinajstić information content (AvgIpc) is 2.55. The van der Waals surface area contributed by atoms with Gasteiger partial charge in [0, 0.05) is 17.5 Å². The molecule has 0 aliphatic carbocycles. The zero-order valence-electron chi connectivity index (χ0n) is 12.4. The van der Waals surface area contributed by atoms with Crippen LogP contribution in [-0.2, 0) is 0 Å². The highest BCUT2D eigenvalue weighted by molar-refractivity contribution is 7.99. The smallest absolute Gasteiger partial charge is 0.255 e. The van der Waals surface area contributed by atoms with Gasteiger partial charge in [0.1, 0.15) is 11.5 Å². The number of thioether (sulfide) groups is 1. The van der Waals surface area contributed by atoms with Crippen molar-refractivity contribution in [1.82, 2.24) is 5.32 Å². The van der Waals surface area contributed by atoms with Gasteiger partial charge >= 0.3 is 0 Å². The summed E-state index contributed by atoms with van der Waals surface area (Å²) < 4.78 is 4.99. The Labute approximate surface area is 134 Å². The van der Waals surface area contributed by atoms with E-state index in [4.69, 9.17) is 4.74 Å². The Bertz CT molecular complexity index is 617. The number of nitrogens with one attached hydrogen (secondary N) is 1. The Kier molecular flexibility index (Phi) is 6.15. The Morgan fingerprint density at radius 3 is 2.68 bits per heavy atom. The zero-order chi connectivity index (χ0) is 15.8. The van der Waals surface area contributed by atoms with Crippen molar-refractivity contribution in [3.05, 3.63) is 54.1 Å². The third-order valence-electron chi connectivity index (χ3n) is 3.07. The number of rotatable bonds is 7. The lowest BCUT2D eigenvalue weighted by Gasteiger charge is -2.08. The minimum absolute atomic E-state index is 0.0736. The number of phenolic OH excluding ortho intramolecular Hbond substituents is 1. The Morgan fingerprint density at radius 2 is 2.00 bits per heavy atom. The molecule has 2 aromatic rings. The van der Waals surface area contributed by atoms with E-state index in [1.807, 2.05) is 18.2 Å². The molecule has 0 fully saturated rings. The van der Waals surface area contributed by atoms with Crippen molar-refractivity contribution in [2.24, 2.45) is 0 Å². The zero-order valence-corrected chi connectivity index (χ0v) is 13.2. The maximum Gasteiger partial charge on any atom is 0.255 e. The Morgan fingerprint density at radius 1 is 1.23 bits per heavy atom. The highest BCUT2D eigenvalue weighted by Gasteiger charge is 2.11.